The second-order valence-electron chi connectivity index (χ2n) is 3.67. The molecule has 0 aliphatic carbocycles. The molecule has 1 rings (SSSR count). The largest absolute Gasteiger partial charge is 0.375 e. The molecule has 0 spiro atoms. The molecule has 0 aliphatic heterocycles. The number of hydrogen-bond donors (Lipinski definition) is 2. The fourth-order valence-corrected chi connectivity index (χ4v) is 1.36. The van der Waals surface area contributed by atoms with Crippen LogP contribution in [0.15, 0.2) is 29.4 Å². The van der Waals surface area contributed by atoms with Crippen LogP contribution in [0.2, 0.25) is 0 Å². The zero-order valence-electron chi connectivity index (χ0n) is 9.47. The lowest BCUT2D eigenvalue weighted by atomic mass is 10.1. The van der Waals surface area contributed by atoms with Crippen molar-refractivity contribution in [1.82, 2.24) is 10.3 Å². The van der Waals surface area contributed by atoms with Gasteiger partial charge in [-0.25, -0.2) is 0 Å². The average molecular weight is 236 g/mol. The van der Waals surface area contributed by atoms with Crippen molar-refractivity contribution in [3.63, 3.8) is 0 Å². The molecule has 0 atom stereocenters. The first kappa shape index (κ1) is 12.6. The molecule has 0 amide bonds. The fraction of sp³-hybridized carbons (Fsp3) is 0.273. The topological polar surface area (TPSA) is 53.6 Å². The molecular weight excluding hydrogens is 220 g/mol. The van der Waals surface area contributed by atoms with Crippen molar-refractivity contribution in [2.45, 2.75) is 6.54 Å². The molecule has 0 bridgehead atoms. The van der Waals surface area contributed by atoms with E-state index in [1.165, 1.54) is 5.56 Å². The van der Waals surface area contributed by atoms with E-state index in [0.29, 0.717) is 0 Å². The zero-order valence-corrected chi connectivity index (χ0v) is 10.3. The first-order chi connectivity index (χ1) is 7.59. The summed E-state index contributed by atoms with van der Waals surface area (Å²) in [6.07, 6.45) is 1.72. The molecule has 5 heteroatoms. The SMILES string of the molecule is CN(C)Cc1ccccc1C=NNC(N)=S. The van der Waals surface area contributed by atoms with Crippen LogP contribution in [-0.2, 0) is 6.54 Å². The van der Waals surface area contributed by atoms with Crippen LogP contribution in [0, 0.1) is 0 Å². The van der Waals surface area contributed by atoms with Crippen molar-refractivity contribution >= 4 is 23.5 Å². The van der Waals surface area contributed by atoms with Crippen LogP contribution in [0.3, 0.4) is 0 Å². The number of thiocarbonyl (C=S) groups is 1. The van der Waals surface area contributed by atoms with Crippen molar-refractivity contribution in [2.75, 3.05) is 14.1 Å². The third-order valence-electron chi connectivity index (χ3n) is 1.92. The van der Waals surface area contributed by atoms with Crippen LogP contribution in [0.1, 0.15) is 11.1 Å². The highest BCUT2D eigenvalue weighted by molar-refractivity contribution is 7.80. The summed E-state index contributed by atoms with van der Waals surface area (Å²) in [5, 5.41) is 4.12. The Bertz CT molecular complexity index is 387. The Hall–Kier alpha value is -1.46. The molecule has 0 fully saturated rings. The Balaban J connectivity index is 2.78. The highest BCUT2D eigenvalue weighted by atomic mass is 32.1. The van der Waals surface area contributed by atoms with Crippen LogP contribution in [0.4, 0.5) is 0 Å². The Morgan fingerprint density at radius 3 is 2.81 bits per heavy atom. The van der Waals surface area contributed by atoms with Crippen LogP contribution < -0.4 is 11.2 Å². The van der Waals surface area contributed by atoms with Crippen LogP contribution in [-0.4, -0.2) is 30.3 Å². The standard InChI is InChI=1S/C11H16N4S/c1-15(2)8-10-6-4-3-5-9(10)7-13-14-11(12)16/h3-7H,8H2,1-2H3,(H3,12,14,16). The number of nitrogens with one attached hydrogen (secondary N) is 1. The van der Waals surface area contributed by atoms with Crippen LogP contribution >= 0.6 is 12.2 Å². The lowest BCUT2D eigenvalue weighted by molar-refractivity contribution is 0.402. The highest BCUT2D eigenvalue weighted by Gasteiger charge is 2.00. The molecule has 0 aromatic heterocycles. The Morgan fingerprint density at radius 1 is 1.50 bits per heavy atom. The van der Waals surface area contributed by atoms with Crippen molar-refractivity contribution in [2.24, 2.45) is 10.8 Å². The smallest absolute Gasteiger partial charge is 0.184 e. The maximum absolute atomic E-state index is 5.27. The molecule has 0 aliphatic rings. The van der Waals surface area contributed by atoms with Gasteiger partial charge in [0.25, 0.3) is 0 Å². The van der Waals surface area contributed by atoms with E-state index in [4.69, 9.17) is 5.73 Å². The minimum atomic E-state index is 0.168. The summed E-state index contributed by atoms with van der Waals surface area (Å²) in [5.74, 6) is 0. The summed E-state index contributed by atoms with van der Waals surface area (Å²) in [5.41, 5.74) is 10.1. The molecule has 1 aromatic rings. The highest BCUT2D eigenvalue weighted by Crippen LogP contribution is 2.07. The van der Waals surface area contributed by atoms with E-state index in [0.717, 1.165) is 12.1 Å². The first-order valence-corrected chi connectivity index (χ1v) is 5.31. The molecule has 0 radical (unpaired) electrons. The van der Waals surface area contributed by atoms with Gasteiger partial charge in [0, 0.05) is 6.54 Å². The van der Waals surface area contributed by atoms with Gasteiger partial charge >= 0.3 is 0 Å². The predicted molar refractivity (Wildman–Crippen MR) is 71.3 cm³/mol. The van der Waals surface area contributed by atoms with E-state index in [1.54, 1.807) is 6.21 Å². The average Bonchev–Trinajstić information content (AvgIpc) is 2.19. The van der Waals surface area contributed by atoms with Crippen LogP contribution in [0.5, 0.6) is 0 Å². The minimum Gasteiger partial charge on any atom is -0.375 e. The Labute approximate surface area is 101 Å². The van der Waals surface area contributed by atoms with Gasteiger partial charge in [-0.1, -0.05) is 24.3 Å². The number of hydrazone groups is 1. The maximum atomic E-state index is 5.27. The quantitative estimate of drug-likeness (QED) is 0.463. The lowest BCUT2D eigenvalue weighted by Crippen LogP contribution is -2.24. The van der Waals surface area contributed by atoms with Crippen molar-refractivity contribution < 1.29 is 0 Å². The van der Waals surface area contributed by atoms with Gasteiger partial charge in [-0.3, -0.25) is 5.43 Å². The van der Waals surface area contributed by atoms with E-state index in [2.05, 4.69) is 33.7 Å². The van der Waals surface area contributed by atoms with Gasteiger partial charge < -0.3 is 10.6 Å². The van der Waals surface area contributed by atoms with E-state index in [1.807, 2.05) is 32.3 Å². The lowest BCUT2D eigenvalue weighted by Gasteiger charge is -2.11. The molecule has 0 saturated carbocycles. The third kappa shape index (κ3) is 4.37. The third-order valence-corrected chi connectivity index (χ3v) is 2.01. The van der Waals surface area contributed by atoms with Gasteiger partial charge in [-0.2, -0.15) is 5.10 Å². The molecule has 16 heavy (non-hydrogen) atoms. The van der Waals surface area contributed by atoms with Crippen molar-refractivity contribution in [3.05, 3.63) is 35.4 Å². The summed E-state index contributed by atoms with van der Waals surface area (Å²) < 4.78 is 0. The van der Waals surface area contributed by atoms with E-state index in [9.17, 15) is 0 Å². The summed E-state index contributed by atoms with van der Waals surface area (Å²) in [4.78, 5) is 2.10. The molecular formula is C11H16N4S. The van der Waals surface area contributed by atoms with Gasteiger partial charge in [-0.15, -0.1) is 0 Å². The van der Waals surface area contributed by atoms with E-state index in [-0.39, 0.29) is 5.11 Å². The van der Waals surface area contributed by atoms with Gasteiger partial charge in [0.15, 0.2) is 5.11 Å². The molecule has 0 heterocycles. The van der Waals surface area contributed by atoms with E-state index >= 15 is 0 Å². The number of nitrogens with zero attached hydrogens (tertiary/aromatic N) is 2. The fourth-order valence-electron chi connectivity index (χ4n) is 1.31. The number of rotatable bonds is 4. The number of hydrogen-bond acceptors (Lipinski definition) is 3. The van der Waals surface area contributed by atoms with Crippen molar-refractivity contribution in [1.29, 1.82) is 0 Å². The van der Waals surface area contributed by atoms with E-state index < -0.39 is 0 Å². The van der Waals surface area contributed by atoms with Gasteiger partial charge in [-0.05, 0) is 37.4 Å². The molecule has 86 valence electrons. The zero-order chi connectivity index (χ0) is 12.0. The number of nitrogens with two attached hydrogens (primary N) is 1. The first-order valence-electron chi connectivity index (χ1n) is 4.90. The molecule has 4 nitrogen and oxygen atoms in total. The summed E-state index contributed by atoms with van der Waals surface area (Å²) in [7, 11) is 4.06. The van der Waals surface area contributed by atoms with Gasteiger partial charge in [0.1, 0.15) is 0 Å². The molecule has 3 N–H and O–H groups in total. The number of benzene rings is 1. The molecule has 0 unspecified atom stereocenters. The monoisotopic (exact) mass is 236 g/mol. The van der Waals surface area contributed by atoms with Gasteiger partial charge in [0.2, 0.25) is 0 Å². The summed E-state index contributed by atoms with van der Waals surface area (Å²) in [6.45, 7) is 0.870. The molecule has 0 saturated heterocycles. The van der Waals surface area contributed by atoms with Crippen LogP contribution in [0.25, 0.3) is 0 Å². The maximum Gasteiger partial charge on any atom is 0.184 e. The van der Waals surface area contributed by atoms with Crippen molar-refractivity contribution in [3.8, 4) is 0 Å². The Kier molecular flexibility index (Phi) is 4.88. The molecule has 1 aromatic carbocycles. The summed E-state index contributed by atoms with van der Waals surface area (Å²) in [6, 6.07) is 8.06. The summed E-state index contributed by atoms with van der Waals surface area (Å²) >= 11 is 4.66. The predicted octanol–water partition coefficient (Wildman–Crippen LogP) is 0.915. The minimum absolute atomic E-state index is 0.168. The normalized spacial score (nSPS) is 10.9. The second kappa shape index (κ2) is 6.19. The second-order valence-corrected chi connectivity index (χ2v) is 4.11. The van der Waals surface area contributed by atoms with Gasteiger partial charge in [0.05, 0.1) is 6.21 Å². The Morgan fingerprint density at radius 2 is 2.19 bits per heavy atom.